The molecule has 0 bridgehead atoms. The Morgan fingerprint density at radius 1 is 1.15 bits per heavy atom. The van der Waals surface area contributed by atoms with Crippen LogP contribution in [0.2, 0.25) is 0 Å². The second kappa shape index (κ2) is 8.24. The molecule has 0 N–H and O–H groups in total. The standard InChI is InChI=1S/C19H23N3O4.CH4/c1-19(2,3)26-18(23)22-11-13(12-22)16-17(21-9-8-20-16)25-15-7-5-6-14(10-15)24-4;/h5-10,13H,11-12H2,1-4H3;1H4. The van der Waals surface area contributed by atoms with E-state index in [9.17, 15) is 4.79 Å². The fourth-order valence-corrected chi connectivity index (χ4v) is 2.60. The smallest absolute Gasteiger partial charge is 0.410 e. The van der Waals surface area contributed by atoms with Gasteiger partial charge in [-0.15, -0.1) is 0 Å². The monoisotopic (exact) mass is 373 g/mol. The van der Waals surface area contributed by atoms with Gasteiger partial charge in [-0.3, -0.25) is 4.98 Å². The normalized spacial score (nSPS) is 14.0. The summed E-state index contributed by atoms with van der Waals surface area (Å²) in [6.45, 7) is 6.62. The average Bonchev–Trinajstić information content (AvgIpc) is 2.53. The minimum atomic E-state index is -0.505. The van der Waals surface area contributed by atoms with Gasteiger partial charge in [0.2, 0.25) is 5.88 Å². The van der Waals surface area contributed by atoms with Gasteiger partial charge in [0.1, 0.15) is 22.8 Å². The van der Waals surface area contributed by atoms with E-state index >= 15 is 0 Å². The number of aromatic nitrogens is 2. The molecule has 1 fully saturated rings. The second-order valence-electron chi connectivity index (χ2n) is 7.11. The van der Waals surface area contributed by atoms with Crippen molar-refractivity contribution in [2.24, 2.45) is 0 Å². The van der Waals surface area contributed by atoms with Crippen molar-refractivity contribution in [1.82, 2.24) is 14.9 Å². The number of ether oxygens (including phenoxy) is 3. The van der Waals surface area contributed by atoms with E-state index in [1.807, 2.05) is 39.0 Å². The van der Waals surface area contributed by atoms with Gasteiger partial charge in [-0.05, 0) is 32.9 Å². The van der Waals surface area contributed by atoms with Crippen molar-refractivity contribution in [3.63, 3.8) is 0 Å². The highest BCUT2D eigenvalue weighted by Crippen LogP contribution is 2.34. The molecular formula is C20H27N3O4. The van der Waals surface area contributed by atoms with E-state index in [2.05, 4.69) is 9.97 Å². The van der Waals surface area contributed by atoms with Crippen molar-refractivity contribution in [2.45, 2.75) is 39.7 Å². The summed E-state index contributed by atoms with van der Waals surface area (Å²) in [5.74, 6) is 1.83. The van der Waals surface area contributed by atoms with Crippen LogP contribution < -0.4 is 9.47 Å². The highest BCUT2D eigenvalue weighted by molar-refractivity contribution is 5.69. The van der Waals surface area contributed by atoms with Crippen LogP contribution in [0.4, 0.5) is 4.79 Å². The van der Waals surface area contributed by atoms with Gasteiger partial charge in [0.25, 0.3) is 0 Å². The molecule has 1 aromatic heterocycles. The zero-order valence-electron chi connectivity index (χ0n) is 15.4. The number of rotatable bonds is 4. The van der Waals surface area contributed by atoms with Crippen molar-refractivity contribution in [3.8, 4) is 17.4 Å². The minimum Gasteiger partial charge on any atom is -0.497 e. The number of hydrogen-bond acceptors (Lipinski definition) is 6. The number of methoxy groups -OCH3 is 1. The van der Waals surface area contributed by atoms with Crippen LogP contribution in [0.5, 0.6) is 17.4 Å². The summed E-state index contributed by atoms with van der Waals surface area (Å²) >= 11 is 0. The van der Waals surface area contributed by atoms with Crippen molar-refractivity contribution >= 4 is 6.09 Å². The molecule has 7 heteroatoms. The molecule has 7 nitrogen and oxygen atoms in total. The maximum atomic E-state index is 12.1. The molecule has 3 rings (SSSR count). The van der Waals surface area contributed by atoms with E-state index in [1.165, 1.54) is 0 Å². The molecule has 146 valence electrons. The van der Waals surface area contributed by atoms with E-state index in [4.69, 9.17) is 14.2 Å². The third kappa shape index (κ3) is 5.09. The highest BCUT2D eigenvalue weighted by Gasteiger charge is 2.37. The summed E-state index contributed by atoms with van der Waals surface area (Å²) in [4.78, 5) is 22.5. The maximum Gasteiger partial charge on any atom is 0.410 e. The molecule has 27 heavy (non-hydrogen) atoms. The van der Waals surface area contributed by atoms with Gasteiger partial charge >= 0.3 is 6.09 Å². The van der Waals surface area contributed by atoms with Crippen LogP contribution in [-0.4, -0.2) is 46.8 Å². The third-order valence-corrected chi connectivity index (χ3v) is 3.87. The quantitative estimate of drug-likeness (QED) is 0.798. The van der Waals surface area contributed by atoms with Gasteiger partial charge in [0, 0.05) is 37.5 Å². The lowest BCUT2D eigenvalue weighted by Crippen LogP contribution is -2.50. The number of likely N-dealkylation sites (tertiary alicyclic amines) is 1. The first-order valence-corrected chi connectivity index (χ1v) is 8.46. The zero-order chi connectivity index (χ0) is 18.7. The minimum absolute atomic E-state index is 0. The van der Waals surface area contributed by atoms with Gasteiger partial charge < -0.3 is 19.1 Å². The number of carbonyl (C=O) groups is 1. The topological polar surface area (TPSA) is 73.8 Å². The number of hydrogen-bond donors (Lipinski definition) is 0. The van der Waals surface area contributed by atoms with Gasteiger partial charge in [-0.1, -0.05) is 13.5 Å². The maximum absolute atomic E-state index is 12.1. The zero-order valence-corrected chi connectivity index (χ0v) is 15.4. The van der Waals surface area contributed by atoms with Crippen molar-refractivity contribution in [2.75, 3.05) is 20.2 Å². The molecule has 0 unspecified atom stereocenters. The molecule has 1 aromatic carbocycles. The van der Waals surface area contributed by atoms with E-state index in [0.29, 0.717) is 30.5 Å². The summed E-state index contributed by atoms with van der Waals surface area (Å²) in [5.41, 5.74) is 0.227. The molecule has 0 spiro atoms. The average molecular weight is 373 g/mol. The first-order chi connectivity index (χ1) is 12.4. The molecular weight excluding hydrogens is 346 g/mol. The summed E-state index contributed by atoms with van der Waals surface area (Å²) in [6.07, 6.45) is 2.90. The van der Waals surface area contributed by atoms with Crippen LogP contribution in [0.3, 0.4) is 0 Å². The summed E-state index contributed by atoms with van der Waals surface area (Å²) < 4.78 is 16.5. The van der Waals surface area contributed by atoms with E-state index in [1.54, 1.807) is 30.5 Å². The van der Waals surface area contributed by atoms with Crippen molar-refractivity contribution in [1.29, 1.82) is 0 Å². The molecule has 1 aliphatic heterocycles. The van der Waals surface area contributed by atoms with Crippen molar-refractivity contribution in [3.05, 3.63) is 42.4 Å². The molecule has 0 radical (unpaired) electrons. The Hall–Kier alpha value is -2.83. The Kier molecular flexibility index (Phi) is 6.25. The molecule has 0 saturated carbocycles. The van der Waals surface area contributed by atoms with Crippen molar-refractivity contribution < 1.29 is 19.0 Å². The summed E-state index contributed by atoms with van der Waals surface area (Å²) in [7, 11) is 1.60. The highest BCUT2D eigenvalue weighted by atomic mass is 16.6. The second-order valence-corrected chi connectivity index (χ2v) is 7.11. The molecule has 2 aromatic rings. The lowest BCUT2D eigenvalue weighted by molar-refractivity contribution is 0.00764. The summed E-state index contributed by atoms with van der Waals surface area (Å²) in [5, 5.41) is 0. The Morgan fingerprint density at radius 2 is 1.81 bits per heavy atom. The third-order valence-electron chi connectivity index (χ3n) is 3.87. The van der Waals surface area contributed by atoms with E-state index < -0.39 is 5.60 Å². The van der Waals surface area contributed by atoms with Crippen LogP contribution in [0.25, 0.3) is 0 Å². The Balaban J connectivity index is 0.00000261. The lowest BCUT2D eigenvalue weighted by Gasteiger charge is -2.39. The van der Waals surface area contributed by atoms with Gasteiger partial charge in [-0.25, -0.2) is 9.78 Å². The first-order valence-electron chi connectivity index (χ1n) is 8.46. The van der Waals surface area contributed by atoms with Gasteiger partial charge in [0.05, 0.1) is 7.11 Å². The largest absolute Gasteiger partial charge is 0.497 e. The molecule has 1 saturated heterocycles. The van der Waals surface area contributed by atoms with Crippen LogP contribution in [0.15, 0.2) is 36.7 Å². The number of amides is 1. The van der Waals surface area contributed by atoms with Crippen LogP contribution in [0, 0.1) is 0 Å². The van der Waals surface area contributed by atoms with E-state index in [0.717, 1.165) is 5.69 Å². The van der Waals surface area contributed by atoms with E-state index in [-0.39, 0.29) is 19.4 Å². The Labute approximate surface area is 160 Å². The predicted octanol–water partition coefficient (Wildman–Crippen LogP) is 4.25. The number of nitrogens with zero attached hydrogens (tertiary/aromatic N) is 3. The van der Waals surface area contributed by atoms with Gasteiger partial charge in [0.15, 0.2) is 0 Å². The Bertz CT molecular complexity index is 783. The number of benzene rings is 1. The SMILES string of the molecule is C.COc1cccc(Oc2nccnc2C2CN(C(=O)OC(C)(C)C)C2)c1. The fourth-order valence-electron chi connectivity index (χ4n) is 2.60. The molecule has 1 aliphatic rings. The molecule has 2 heterocycles. The predicted molar refractivity (Wildman–Crippen MR) is 102 cm³/mol. The number of carbonyl (C=O) groups excluding carboxylic acids is 1. The van der Waals surface area contributed by atoms with Crippen LogP contribution >= 0.6 is 0 Å². The summed E-state index contributed by atoms with van der Waals surface area (Å²) in [6, 6.07) is 7.30. The van der Waals surface area contributed by atoms with Crippen LogP contribution in [0.1, 0.15) is 39.8 Å². The molecule has 1 amide bonds. The first kappa shape index (κ1) is 20.5. The lowest BCUT2D eigenvalue weighted by atomic mass is 9.97. The van der Waals surface area contributed by atoms with Gasteiger partial charge in [-0.2, -0.15) is 0 Å². The molecule has 0 atom stereocenters. The Morgan fingerprint density at radius 3 is 2.48 bits per heavy atom. The van der Waals surface area contributed by atoms with Crippen LogP contribution in [-0.2, 0) is 4.74 Å². The molecule has 0 aliphatic carbocycles. The fraction of sp³-hybridized carbons (Fsp3) is 0.450.